The first-order chi connectivity index (χ1) is 16.9. The Balaban J connectivity index is 1.23. The second kappa shape index (κ2) is 8.91. The normalized spacial score (nSPS) is 15.3. The van der Waals surface area contributed by atoms with Gasteiger partial charge in [0.1, 0.15) is 12.1 Å². The highest BCUT2D eigenvalue weighted by Gasteiger charge is 2.45. The third kappa shape index (κ3) is 4.14. The summed E-state index contributed by atoms with van der Waals surface area (Å²) in [6.07, 6.45) is 1.05. The van der Waals surface area contributed by atoms with Crippen LogP contribution in [0.5, 0.6) is 0 Å². The molecular weight excluding hydrogens is 444 g/mol. The van der Waals surface area contributed by atoms with Crippen LogP contribution in [-0.4, -0.2) is 35.2 Å². The molecule has 0 aromatic heterocycles. The van der Waals surface area contributed by atoms with Gasteiger partial charge in [-0.3, -0.25) is 10.1 Å². The summed E-state index contributed by atoms with van der Waals surface area (Å²) in [6, 6.07) is 21.1. The van der Waals surface area contributed by atoms with E-state index >= 15 is 0 Å². The maximum Gasteiger partial charge on any atom is 0.411 e. The average molecular weight is 471 g/mol. The molecule has 0 saturated heterocycles. The molecule has 2 aliphatic rings. The Bertz CT molecular complexity index is 1280. The molecule has 0 radical (unpaired) electrons. The predicted molar refractivity (Wildman–Crippen MR) is 132 cm³/mol. The van der Waals surface area contributed by atoms with Crippen molar-refractivity contribution in [1.82, 2.24) is 5.32 Å². The van der Waals surface area contributed by atoms with Crippen LogP contribution in [0, 0.1) is 6.92 Å². The van der Waals surface area contributed by atoms with Crippen LogP contribution < -0.4 is 10.6 Å². The maximum absolute atomic E-state index is 12.6. The summed E-state index contributed by atoms with van der Waals surface area (Å²) >= 11 is 0. The van der Waals surface area contributed by atoms with Crippen molar-refractivity contribution < 1.29 is 24.2 Å². The SMILES string of the molecule is Cc1cc(C(=O)NC2(C(=O)O)CCC2)ccc1NC(=O)OCC1c2ccccc2-c2ccccc21. The van der Waals surface area contributed by atoms with Crippen LogP contribution in [0.15, 0.2) is 66.7 Å². The molecule has 0 aliphatic heterocycles. The van der Waals surface area contributed by atoms with Gasteiger partial charge in [0.15, 0.2) is 0 Å². The lowest BCUT2D eigenvalue weighted by atomic mass is 9.76. The van der Waals surface area contributed by atoms with Gasteiger partial charge in [0.2, 0.25) is 0 Å². The molecular formula is C28H26N2O5. The standard InChI is InChI=1S/C28H26N2O5/c1-17-15-18(25(31)30-28(26(32)33)13-6-14-28)11-12-24(17)29-27(34)35-16-23-21-9-4-2-7-19(21)20-8-3-5-10-22(20)23/h2-5,7-12,15,23H,6,13-14,16H2,1H3,(H,29,34)(H,30,31)(H,32,33). The summed E-state index contributed by atoms with van der Waals surface area (Å²) in [6.45, 7) is 1.98. The van der Waals surface area contributed by atoms with Crippen molar-refractivity contribution >= 4 is 23.7 Å². The molecule has 3 N–H and O–H groups in total. The summed E-state index contributed by atoms with van der Waals surface area (Å²) in [5, 5.41) is 14.8. The van der Waals surface area contributed by atoms with Gasteiger partial charge in [-0.05, 0) is 72.2 Å². The van der Waals surface area contributed by atoms with Crippen molar-refractivity contribution in [1.29, 1.82) is 0 Å². The number of amides is 2. The number of carboxylic acids is 1. The third-order valence-electron chi connectivity index (χ3n) is 7.04. The smallest absolute Gasteiger partial charge is 0.411 e. The Morgan fingerprint density at radius 2 is 1.60 bits per heavy atom. The largest absolute Gasteiger partial charge is 0.480 e. The minimum Gasteiger partial charge on any atom is -0.480 e. The molecule has 2 aliphatic carbocycles. The van der Waals surface area contributed by atoms with Crippen molar-refractivity contribution in [2.24, 2.45) is 0 Å². The molecule has 7 nitrogen and oxygen atoms in total. The minimum absolute atomic E-state index is 0.0339. The molecule has 7 heteroatoms. The zero-order valence-corrected chi connectivity index (χ0v) is 19.3. The number of nitrogens with one attached hydrogen (secondary N) is 2. The van der Waals surface area contributed by atoms with Gasteiger partial charge < -0.3 is 15.2 Å². The number of rotatable bonds is 6. The maximum atomic E-state index is 12.6. The summed E-state index contributed by atoms with van der Waals surface area (Å²) < 4.78 is 5.60. The fraction of sp³-hybridized carbons (Fsp3) is 0.250. The molecule has 1 saturated carbocycles. The monoisotopic (exact) mass is 470 g/mol. The number of carbonyl (C=O) groups is 3. The number of benzene rings is 3. The number of aryl methyl sites for hydroxylation is 1. The van der Waals surface area contributed by atoms with Crippen LogP contribution in [-0.2, 0) is 9.53 Å². The van der Waals surface area contributed by atoms with E-state index in [0.29, 0.717) is 29.7 Å². The number of carboxylic acid groups (broad SMARTS) is 1. The van der Waals surface area contributed by atoms with Gasteiger partial charge in [0.05, 0.1) is 0 Å². The molecule has 178 valence electrons. The van der Waals surface area contributed by atoms with Gasteiger partial charge in [-0.15, -0.1) is 0 Å². The predicted octanol–water partition coefficient (Wildman–Crippen LogP) is 5.09. The van der Waals surface area contributed by atoms with E-state index in [4.69, 9.17) is 4.74 Å². The molecule has 0 heterocycles. The molecule has 2 amide bonds. The number of fused-ring (bicyclic) bond motifs is 3. The van der Waals surface area contributed by atoms with E-state index in [-0.39, 0.29) is 12.5 Å². The van der Waals surface area contributed by atoms with Crippen molar-refractivity contribution in [3.63, 3.8) is 0 Å². The molecule has 1 fully saturated rings. The van der Waals surface area contributed by atoms with Gasteiger partial charge in [-0.1, -0.05) is 48.5 Å². The first-order valence-electron chi connectivity index (χ1n) is 11.7. The van der Waals surface area contributed by atoms with E-state index in [1.807, 2.05) is 24.3 Å². The molecule has 3 aromatic carbocycles. The quantitative estimate of drug-likeness (QED) is 0.465. The number of hydrogen-bond donors (Lipinski definition) is 3. The van der Waals surface area contributed by atoms with Crippen LogP contribution in [0.2, 0.25) is 0 Å². The molecule has 5 rings (SSSR count). The van der Waals surface area contributed by atoms with Gasteiger partial charge in [-0.25, -0.2) is 9.59 Å². The second-order valence-corrected chi connectivity index (χ2v) is 9.18. The zero-order chi connectivity index (χ0) is 24.6. The third-order valence-corrected chi connectivity index (χ3v) is 7.04. The van der Waals surface area contributed by atoms with Crippen LogP contribution in [0.4, 0.5) is 10.5 Å². The van der Waals surface area contributed by atoms with Crippen LogP contribution in [0.25, 0.3) is 11.1 Å². The average Bonchev–Trinajstić information content (AvgIpc) is 3.14. The highest BCUT2D eigenvalue weighted by atomic mass is 16.5. The molecule has 0 unspecified atom stereocenters. The van der Waals surface area contributed by atoms with Gasteiger partial charge >= 0.3 is 12.1 Å². The fourth-order valence-corrected chi connectivity index (χ4v) is 4.90. The molecule has 3 aromatic rings. The number of carbonyl (C=O) groups excluding carboxylic acids is 2. The topological polar surface area (TPSA) is 105 Å². The molecule has 0 bridgehead atoms. The Labute approximate surface area is 203 Å². The van der Waals surface area contributed by atoms with E-state index in [1.54, 1.807) is 25.1 Å². The molecule has 0 atom stereocenters. The van der Waals surface area contributed by atoms with Crippen molar-refractivity contribution in [2.75, 3.05) is 11.9 Å². The van der Waals surface area contributed by atoms with Crippen LogP contribution in [0.3, 0.4) is 0 Å². The van der Waals surface area contributed by atoms with E-state index in [1.165, 1.54) is 0 Å². The summed E-state index contributed by atoms with van der Waals surface area (Å²) in [7, 11) is 0. The first kappa shape index (κ1) is 22.7. The summed E-state index contributed by atoms with van der Waals surface area (Å²) in [4.78, 5) is 36.7. The Morgan fingerprint density at radius 1 is 0.971 bits per heavy atom. The highest BCUT2D eigenvalue weighted by Crippen LogP contribution is 2.44. The lowest BCUT2D eigenvalue weighted by Gasteiger charge is -2.38. The summed E-state index contributed by atoms with van der Waals surface area (Å²) in [5.74, 6) is -1.49. The Morgan fingerprint density at radius 3 is 2.14 bits per heavy atom. The number of aliphatic carboxylic acids is 1. The lowest BCUT2D eigenvalue weighted by Crippen LogP contribution is -2.59. The van der Waals surface area contributed by atoms with Crippen LogP contribution >= 0.6 is 0 Å². The Kier molecular flexibility index (Phi) is 5.76. The summed E-state index contributed by atoms with van der Waals surface area (Å²) in [5.41, 5.74) is 4.95. The number of ether oxygens (including phenoxy) is 1. The van der Waals surface area contributed by atoms with E-state index in [9.17, 15) is 19.5 Å². The van der Waals surface area contributed by atoms with Crippen molar-refractivity contribution in [3.05, 3.63) is 89.0 Å². The molecule has 0 spiro atoms. The fourth-order valence-electron chi connectivity index (χ4n) is 4.90. The van der Waals surface area contributed by atoms with Crippen LogP contribution in [0.1, 0.15) is 52.2 Å². The van der Waals surface area contributed by atoms with Gasteiger partial charge in [-0.2, -0.15) is 0 Å². The minimum atomic E-state index is -1.18. The van der Waals surface area contributed by atoms with Gasteiger partial charge in [0.25, 0.3) is 5.91 Å². The van der Waals surface area contributed by atoms with E-state index in [2.05, 4.69) is 34.9 Å². The first-order valence-corrected chi connectivity index (χ1v) is 11.7. The van der Waals surface area contributed by atoms with Crippen molar-refractivity contribution in [2.45, 2.75) is 37.6 Å². The van der Waals surface area contributed by atoms with E-state index in [0.717, 1.165) is 28.7 Å². The number of hydrogen-bond acceptors (Lipinski definition) is 4. The number of anilines is 1. The van der Waals surface area contributed by atoms with Crippen molar-refractivity contribution in [3.8, 4) is 11.1 Å². The lowest BCUT2D eigenvalue weighted by molar-refractivity contribution is -0.148. The van der Waals surface area contributed by atoms with Gasteiger partial charge in [0, 0.05) is 17.2 Å². The highest BCUT2D eigenvalue weighted by molar-refractivity contribution is 5.99. The Hall–Kier alpha value is -4.13. The van der Waals surface area contributed by atoms with E-state index < -0.39 is 23.5 Å². The second-order valence-electron chi connectivity index (χ2n) is 9.18. The molecule has 35 heavy (non-hydrogen) atoms. The zero-order valence-electron chi connectivity index (χ0n) is 19.3.